The highest BCUT2D eigenvalue weighted by atomic mass is 127. The number of carbonyl (C=O) groups excluding carboxylic acids is 1. The van der Waals surface area contributed by atoms with E-state index in [9.17, 15) is 4.79 Å². The Balaban J connectivity index is 0.00000225. The van der Waals surface area contributed by atoms with Crippen LogP contribution in [0.2, 0.25) is 0 Å². The molecule has 0 aromatic rings. The molecule has 3 aliphatic rings. The standard InChI is InChI=1S/C19H34N4O.HI/c1-4-19(8-5-9-19)13-21-18(20-12-17(24)23(2)3)22-16-11-14-6-7-15(16)10-14;/h14-16H,4-13H2,1-3H3,(H2,20,21,22);1H. The van der Waals surface area contributed by atoms with Gasteiger partial charge < -0.3 is 15.5 Å². The van der Waals surface area contributed by atoms with E-state index in [2.05, 4.69) is 22.5 Å². The zero-order valence-corrected chi connectivity index (χ0v) is 18.3. The van der Waals surface area contributed by atoms with Gasteiger partial charge in [0, 0.05) is 26.7 Å². The zero-order chi connectivity index (χ0) is 17.2. The number of nitrogens with zero attached hydrogens (tertiary/aromatic N) is 2. The van der Waals surface area contributed by atoms with E-state index >= 15 is 0 Å². The number of hydrogen-bond donors (Lipinski definition) is 2. The predicted molar refractivity (Wildman–Crippen MR) is 113 cm³/mol. The molecule has 0 saturated heterocycles. The van der Waals surface area contributed by atoms with Gasteiger partial charge in [0.2, 0.25) is 5.91 Å². The quantitative estimate of drug-likeness (QED) is 0.363. The Morgan fingerprint density at radius 3 is 2.48 bits per heavy atom. The summed E-state index contributed by atoms with van der Waals surface area (Å²) in [4.78, 5) is 18.1. The maximum Gasteiger partial charge on any atom is 0.243 e. The molecule has 0 aliphatic heterocycles. The third-order valence-corrected chi connectivity index (χ3v) is 6.73. The van der Waals surface area contributed by atoms with Crippen LogP contribution < -0.4 is 10.6 Å². The summed E-state index contributed by atoms with van der Waals surface area (Å²) < 4.78 is 0. The Kier molecular flexibility index (Phi) is 7.40. The lowest BCUT2D eigenvalue weighted by atomic mass is 9.67. The Labute approximate surface area is 169 Å². The van der Waals surface area contributed by atoms with Gasteiger partial charge in [0.05, 0.1) is 0 Å². The summed E-state index contributed by atoms with van der Waals surface area (Å²) in [6.07, 6.45) is 10.6. The van der Waals surface area contributed by atoms with E-state index in [0.29, 0.717) is 11.5 Å². The van der Waals surface area contributed by atoms with Crippen molar-refractivity contribution in [1.82, 2.24) is 15.5 Å². The van der Waals surface area contributed by atoms with Gasteiger partial charge in [-0.15, -0.1) is 24.0 Å². The van der Waals surface area contributed by atoms with Crippen LogP contribution in [-0.4, -0.2) is 50.0 Å². The summed E-state index contributed by atoms with van der Waals surface area (Å²) in [7, 11) is 3.57. The average Bonchev–Trinajstić information content (AvgIpc) is 3.13. The van der Waals surface area contributed by atoms with Crippen LogP contribution in [0.5, 0.6) is 0 Å². The molecular weight excluding hydrogens is 427 g/mol. The van der Waals surface area contributed by atoms with Gasteiger partial charge in [-0.2, -0.15) is 0 Å². The van der Waals surface area contributed by atoms with Crippen LogP contribution in [0.25, 0.3) is 0 Å². The van der Waals surface area contributed by atoms with Crippen LogP contribution in [0.4, 0.5) is 0 Å². The molecule has 0 heterocycles. The van der Waals surface area contributed by atoms with Crippen molar-refractivity contribution in [3.63, 3.8) is 0 Å². The van der Waals surface area contributed by atoms with E-state index in [0.717, 1.165) is 24.3 Å². The van der Waals surface area contributed by atoms with Gasteiger partial charge in [-0.1, -0.05) is 19.8 Å². The lowest BCUT2D eigenvalue weighted by Gasteiger charge is -2.42. The Morgan fingerprint density at radius 2 is 2.00 bits per heavy atom. The fourth-order valence-corrected chi connectivity index (χ4v) is 4.64. The van der Waals surface area contributed by atoms with E-state index in [1.165, 1.54) is 51.4 Å². The van der Waals surface area contributed by atoms with Crippen molar-refractivity contribution in [3.8, 4) is 0 Å². The van der Waals surface area contributed by atoms with Gasteiger partial charge in [0.1, 0.15) is 6.54 Å². The monoisotopic (exact) mass is 462 g/mol. The number of rotatable bonds is 6. The van der Waals surface area contributed by atoms with E-state index in [1.54, 1.807) is 19.0 Å². The molecule has 0 spiro atoms. The van der Waals surface area contributed by atoms with E-state index in [-0.39, 0.29) is 36.4 Å². The summed E-state index contributed by atoms with van der Waals surface area (Å²) in [5.74, 6) is 2.61. The Bertz CT molecular complexity index is 484. The number of aliphatic imine (C=N–C) groups is 1. The highest BCUT2D eigenvalue weighted by Gasteiger charge is 2.40. The topological polar surface area (TPSA) is 56.7 Å². The van der Waals surface area contributed by atoms with Gasteiger partial charge in [0.25, 0.3) is 0 Å². The number of likely N-dealkylation sites (N-methyl/N-ethyl adjacent to an activating group) is 1. The van der Waals surface area contributed by atoms with Crippen LogP contribution in [0, 0.1) is 17.3 Å². The molecule has 1 amide bonds. The first-order valence-electron chi connectivity index (χ1n) is 9.76. The highest BCUT2D eigenvalue weighted by Crippen LogP contribution is 2.45. The van der Waals surface area contributed by atoms with Crippen LogP contribution in [-0.2, 0) is 4.79 Å². The SMILES string of the molecule is CCC1(CNC(=NCC(=O)N(C)C)NC2CC3CCC2C3)CCC1.I. The van der Waals surface area contributed by atoms with Gasteiger partial charge in [-0.05, 0) is 55.8 Å². The molecule has 5 nitrogen and oxygen atoms in total. The molecule has 144 valence electrons. The first kappa shape index (κ1) is 20.8. The van der Waals surface area contributed by atoms with Crippen molar-refractivity contribution in [2.45, 2.75) is 64.3 Å². The number of halogens is 1. The predicted octanol–water partition coefficient (Wildman–Crippen LogP) is 3.00. The van der Waals surface area contributed by atoms with Crippen molar-refractivity contribution >= 4 is 35.8 Å². The second-order valence-electron chi connectivity index (χ2n) is 8.44. The van der Waals surface area contributed by atoms with Gasteiger partial charge >= 0.3 is 0 Å². The van der Waals surface area contributed by atoms with E-state index in [4.69, 9.17) is 0 Å². The molecule has 3 rings (SSSR count). The minimum absolute atomic E-state index is 0. The summed E-state index contributed by atoms with van der Waals surface area (Å²) in [6, 6.07) is 0.545. The second kappa shape index (κ2) is 8.91. The van der Waals surface area contributed by atoms with Gasteiger partial charge in [0.15, 0.2) is 5.96 Å². The highest BCUT2D eigenvalue weighted by molar-refractivity contribution is 14.0. The molecule has 25 heavy (non-hydrogen) atoms. The summed E-state index contributed by atoms with van der Waals surface area (Å²) >= 11 is 0. The minimum Gasteiger partial charge on any atom is -0.356 e. The third-order valence-electron chi connectivity index (χ3n) is 6.73. The minimum atomic E-state index is 0. The first-order valence-corrected chi connectivity index (χ1v) is 9.76. The van der Waals surface area contributed by atoms with Crippen LogP contribution in [0.15, 0.2) is 4.99 Å². The van der Waals surface area contributed by atoms with Crippen LogP contribution in [0.3, 0.4) is 0 Å². The molecule has 2 bridgehead atoms. The maximum atomic E-state index is 11.9. The first-order chi connectivity index (χ1) is 11.5. The molecule has 3 atom stereocenters. The fourth-order valence-electron chi connectivity index (χ4n) is 4.64. The fraction of sp³-hybridized carbons (Fsp3) is 0.895. The lowest BCUT2D eigenvalue weighted by Crippen LogP contribution is -2.50. The number of amides is 1. The summed E-state index contributed by atoms with van der Waals surface area (Å²) in [5.41, 5.74) is 0.447. The van der Waals surface area contributed by atoms with Crippen molar-refractivity contribution in [2.24, 2.45) is 22.2 Å². The van der Waals surface area contributed by atoms with Crippen molar-refractivity contribution in [1.29, 1.82) is 0 Å². The lowest BCUT2D eigenvalue weighted by molar-refractivity contribution is -0.127. The van der Waals surface area contributed by atoms with Crippen molar-refractivity contribution in [3.05, 3.63) is 0 Å². The second-order valence-corrected chi connectivity index (χ2v) is 8.44. The van der Waals surface area contributed by atoms with Crippen LogP contribution in [0.1, 0.15) is 58.3 Å². The molecule has 3 fully saturated rings. The smallest absolute Gasteiger partial charge is 0.243 e. The molecule has 3 saturated carbocycles. The molecule has 3 unspecified atom stereocenters. The molecule has 3 aliphatic carbocycles. The molecule has 0 aromatic heterocycles. The normalized spacial score (nSPS) is 29.6. The Morgan fingerprint density at radius 1 is 1.24 bits per heavy atom. The third kappa shape index (κ3) is 5.01. The summed E-state index contributed by atoms with van der Waals surface area (Å²) in [5, 5.41) is 7.22. The van der Waals surface area contributed by atoms with Crippen LogP contribution >= 0.6 is 24.0 Å². The van der Waals surface area contributed by atoms with Gasteiger partial charge in [-0.3, -0.25) is 4.79 Å². The molecule has 0 radical (unpaired) electrons. The zero-order valence-electron chi connectivity index (χ0n) is 16.0. The number of hydrogen-bond acceptors (Lipinski definition) is 2. The molecule has 0 aromatic carbocycles. The van der Waals surface area contributed by atoms with Crippen molar-refractivity contribution < 1.29 is 4.79 Å². The number of guanidine groups is 1. The number of fused-ring (bicyclic) bond motifs is 2. The maximum absolute atomic E-state index is 11.9. The number of carbonyl (C=O) groups is 1. The van der Waals surface area contributed by atoms with Crippen molar-refractivity contribution in [2.75, 3.05) is 27.2 Å². The molecule has 2 N–H and O–H groups in total. The number of nitrogens with one attached hydrogen (secondary N) is 2. The van der Waals surface area contributed by atoms with E-state index < -0.39 is 0 Å². The van der Waals surface area contributed by atoms with Gasteiger partial charge in [-0.25, -0.2) is 4.99 Å². The summed E-state index contributed by atoms with van der Waals surface area (Å²) in [6.45, 7) is 3.49. The average molecular weight is 462 g/mol. The van der Waals surface area contributed by atoms with E-state index in [1.807, 2.05) is 0 Å². The Hall–Kier alpha value is -0.530. The molecular formula is C19H35IN4O. The largest absolute Gasteiger partial charge is 0.356 e. The molecule has 6 heteroatoms.